The van der Waals surface area contributed by atoms with Crippen LogP contribution in [0.4, 0.5) is 0 Å². The first-order valence-electron chi connectivity index (χ1n) is 3.87. The number of thiophene rings is 2. The molecule has 0 saturated carbocycles. The van der Waals surface area contributed by atoms with Crippen LogP contribution in [0.5, 0.6) is 0 Å². The molecule has 2 nitrogen and oxygen atoms in total. The van der Waals surface area contributed by atoms with Gasteiger partial charge in [0, 0.05) is 19.5 Å². The third kappa shape index (κ3) is 1.47. The van der Waals surface area contributed by atoms with Crippen LogP contribution in [-0.2, 0) is 0 Å². The Morgan fingerprint density at radius 1 is 1.46 bits per heavy atom. The van der Waals surface area contributed by atoms with Gasteiger partial charge in [0.05, 0.1) is 8.89 Å². The molecule has 0 aliphatic rings. The molecule has 13 heavy (non-hydrogen) atoms. The molecule has 0 aliphatic heterocycles. The van der Waals surface area contributed by atoms with Crippen molar-refractivity contribution in [2.75, 3.05) is 14.1 Å². The van der Waals surface area contributed by atoms with Crippen LogP contribution in [-0.4, -0.2) is 24.9 Å². The van der Waals surface area contributed by atoms with Crippen LogP contribution in [0.25, 0.3) is 9.40 Å². The summed E-state index contributed by atoms with van der Waals surface area (Å²) in [6.07, 6.45) is 0. The Bertz CT molecular complexity index is 413. The number of fused-ring (bicyclic) bond motifs is 1. The fourth-order valence-electron chi connectivity index (χ4n) is 1.09. The van der Waals surface area contributed by atoms with Crippen molar-refractivity contribution in [2.45, 2.75) is 0 Å². The molecule has 68 valence electrons. The van der Waals surface area contributed by atoms with Crippen molar-refractivity contribution in [3.8, 4) is 0 Å². The molecule has 0 bridgehead atoms. The zero-order valence-corrected chi connectivity index (χ0v) is 9.04. The van der Waals surface area contributed by atoms with E-state index >= 15 is 0 Å². The highest BCUT2D eigenvalue weighted by Crippen LogP contribution is 2.30. The van der Waals surface area contributed by atoms with E-state index < -0.39 is 0 Å². The van der Waals surface area contributed by atoms with E-state index in [9.17, 15) is 4.79 Å². The van der Waals surface area contributed by atoms with Gasteiger partial charge in [0.25, 0.3) is 5.91 Å². The topological polar surface area (TPSA) is 20.3 Å². The first-order valence-corrected chi connectivity index (χ1v) is 5.57. The largest absolute Gasteiger partial charge is 0.344 e. The van der Waals surface area contributed by atoms with Crippen molar-refractivity contribution in [1.82, 2.24) is 4.90 Å². The summed E-state index contributed by atoms with van der Waals surface area (Å²) in [5.41, 5.74) is 0. The van der Waals surface area contributed by atoms with Crippen molar-refractivity contribution < 1.29 is 4.79 Å². The summed E-state index contributed by atoms with van der Waals surface area (Å²) in [7, 11) is 3.55. The number of carbonyl (C=O) groups is 1. The number of rotatable bonds is 1. The van der Waals surface area contributed by atoms with E-state index in [-0.39, 0.29) is 5.91 Å². The molecule has 0 unspecified atom stereocenters. The zero-order chi connectivity index (χ0) is 9.42. The Morgan fingerprint density at radius 2 is 2.23 bits per heavy atom. The normalized spacial score (nSPS) is 10.6. The van der Waals surface area contributed by atoms with Crippen LogP contribution in [0, 0.1) is 0 Å². The van der Waals surface area contributed by atoms with Crippen molar-refractivity contribution in [2.24, 2.45) is 0 Å². The van der Waals surface area contributed by atoms with Crippen LogP contribution in [0.1, 0.15) is 9.67 Å². The molecule has 0 N–H and O–H groups in total. The van der Waals surface area contributed by atoms with Crippen LogP contribution < -0.4 is 0 Å². The lowest BCUT2D eigenvalue weighted by molar-refractivity contribution is 0.0832. The van der Waals surface area contributed by atoms with Crippen molar-refractivity contribution in [3.05, 3.63) is 22.4 Å². The summed E-state index contributed by atoms with van der Waals surface area (Å²) in [5, 5.41) is 3.23. The van der Waals surface area contributed by atoms with E-state index in [2.05, 4.69) is 0 Å². The monoisotopic (exact) mass is 211 g/mol. The average Bonchev–Trinajstić information content (AvgIpc) is 2.59. The van der Waals surface area contributed by atoms with E-state index in [1.165, 1.54) is 9.40 Å². The predicted octanol–water partition coefficient (Wildman–Crippen LogP) is 2.66. The van der Waals surface area contributed by atoms with Gasteiger partial charge in [-0.2, -0.15) is 0 Å². The van der Waals surface area contributed by atoms with Gasteiger partial charge < -0.3 is 4.90 Å². The highest BCUT2D eigenvalue weighted by molar-refractivity contribution is 7.38. The highest BCUT2D eigenvalue weighted by atomic mass is 32.2. The molecule has 4 heteroatoms. The van der Waals surface area contributed by atoms with E-state index in [0.29, 0.717) is 0 Å². The third-order valence-corrected chi connectivity index (χ3v) is 3.96. The fraction of sp³-hybridized carbons (Fsp3) is 0.222. The molecule has 0 radical (unpaired) electrons. The number of hydrogen-bond donors (Lipinski definition) is 0. The van der Waals surface area contributed by atoms with Crippen molar-refractivity contribution >= 4 is 38.0 Å². The average molecular weight is 211 g/mol. The Balaban J connectivity index is 2.45. The van der Waals surface area contributed by atoms with E-state index in [0.717, 1.165) is 4.88 Å². The lowest BCUT2D eigenvalue weighted by atomic mass is 10.3. The second-order valence-electron chi connectivity index (χ2n) is 2.97. The molecule has 2 aromatic rings. The molecular formula is C9H9NOS2. The van der Waals surface area contributed by atoms with Gasteiger partial charge >= 0.3 is 0 Å². The quantitative estimate of drug-likeness (QED) is 0.710. The first-order chi connectivity index (χ1) is 6.18. The van der Waals surface area contributed by atoms with Gasteiger partial charge in [-0.1, -0.05) is 0 Å². The fourth-order valence-corrected chi connectivity index (χ4v) is 3.22. The number of amides is 1. The second-order valence-corrected chi connectivity index (χ2v) is 5.20. The Labute approximate surface area is 84.4 Å². The minimum Gasteiger partial charge on any atom is -0.344 e. The van der Waals surface area contributed by atoms with Gasteiger partial charge in [0.15, 0.2) is 0 Å². The van der Waals surface area contributed by atoms with E-state index in [1.54, 1.807) is 41.7 Å². The van der Waals surface area contributed by atoms with Gasteiger partial charge in [-0.3, -0.25) is 4.79 Å². The summed E-state index contributed by atoms with van der Waals surface area (Å²) >= 11 is 3.25. The Hall–Kier alpha value is -0.870. The maximum Gasteiger partial charge on any atom is 0.263 e. The van der Waals surface area contributed by atoms with Crippen LogP contribution in [0.3, 0.4) is 0 Å². The van der Waals surface area contributed by atoms with E-state index in [4.69, 9.17) is 0 Å². The minimum atomic E-state index is 0.0911. The molecule has 0 atom stereocenters. The minimum absolute atomic E-state index is 0.0911. The molecule has 1 amide bonds. The zero-order valence-electron chi connectivity index (χ0n) is 7.40. The SMILES string of the molecule is CN(C)C(=O)c1cc2ccsc2s1. The second kappa shape index (κ2) is 3.12. The molecule has 0 aromatic carbocycles. The van der Waals surface area contributed by atoms with Crippen LogP contribution >= 0.6 is 22.7 Å². The molecule has 0 fully saturated rings. The van der Waals surface area contributed by atoms with Gasteiger partial charge in [-0.25, -0.2) is 0 Å². The molecule has 2 heterocycles. The van der Waals surface area contributed by atoms with Crippen LogP contribution in [0.15, 0.2) is 17.5 Å². The van der Waals surface area contributed by atoms with Gasteiger partial charge in [-0.05, 0) is 17.5 Å². The third-order valence-electron chi connectivity index (χ3n) is 1.76. The van der Waals surface area contributed by atoms with Crippen molar-refractivity contribution in [3.63, 3.8) is 0 Å². The predicted molar refractivity (Wildman–Crippen MR) is 57.7 cm³/mol. The summed E-state index contributed by atoms with van der Waals surface area (Å²) in [6.45, 7) is 0. The smallest absolute Gasteiger partial charge is 0.263 e. The summed E-state index contributed by atoms with van der Waals surface area (Å²) in [5.74, 6) is 0.0911. The number of hydrogen-bond acceptors (Lipinski definition) is 3. The standard InChI is InChI=1S/C9H9NOS2/c1-10(2)8(11)7-5-6-3-4-12-9(6)13-7/h3-5H,1-2H3. The highest BCUT2D eigenvalue weighted by Gasteiger charge is 2.11. The van der Waals surface area contributed by atoms with Crippen LogP contribution in [0.2, 0.25) is 0 Å². The number of nitrogens with zero attached hydrogens (tertiary/aromatic N) is 1. The van der Waals surface area contributed by atoms with E-state index in [1.807, 2.05) is 17.5 Å². The lowest BCUT2D eigenvalue weighted by Gasteiger charge is -2.06. The molecule has 2 aromatic heterocycles. The Morgan fingerprint density at radius 3 is 2.85 bits per heavy atom. The Kier molecular flexibility index (Phi) is 2.09. The van der Waals surface area contributed by atoms with Crippen molar-refractivity contribution in [1.29, 1.82) is 0 Å². The maximum absolute atomic E-state index is 11.6. The maximum atomic E-state index is 11.6. The molecule has 0 saturated heterocycles. The molecular weight excluding hydrogens is 202 g/mol. The summed E-state index contributed by atoms with van der Waals surface area (Å²) in [4.78, 5) is 14.0. The van der Waals surface area contributed by atoms with Gasteiger partial charge in [0.1, 0.15) is 0 Å². The van der Waals surface area contributed by atoms with Gasteiger partial charge in [0.2, 0.25) is 0 Å². The molecule has 0 spiro atoms. The number of carbonyl (C=O) groups excluding carboxylic acids is 1. The molecule has 2 rings (SSSR count). The summed E-state index contributed by atoms with van der Waals surface area (Å²) in [6, 6.07) is 4.00. The molecule has 0 aliphatic carbocycles. The van der Waals surface area contributed by atoms with Gasteiger partial charge in [-0.15, -0.1) is 22.7 Å². The summed E-state index contributed by atoms with van der Waals surface area (Å²) < 4.78 is 1.23. The lowest BCUT2D eigenvalue weighted by Crippen LogP contribution is -2.20. The first kappa shape index (κ1) is 8.72.